The van der Waals surface area contributed by atoms with Crippen molar-refractivity contribution in [3.63, 3.8) is 0 Å². The molecule has 5 heteroatoms. The van der Waals surface area contributed by atoms with Crippen molar-refractivity contribution in [3.8, 4) is 0 Å². The highest BCUT2D eigenvalue weighted by Crippen LogP contribution is 2.29. The molecule has 23 heavy (non-hydrogen) atoms. The molecule has 0 radical (unpaired) electrons. The highest BCUT2D eigenvalue weighted by atomic mass is 16.5. The molecule has 2 amide bonds. The fourth-order valence-corrected chi connectivity index (χ4v) is 3.15. The van der Waals surface area contributed by atoms with Crippen molar-refractivity contribution in [2.45, 2.75) is 38.8 Å². The topological polar surface area (TPSA) is 61.8 Å². The van der Waals surface area contributed by atoms with Gasteiger partial charge in [-0.1, -0.05) is 38.1 Å². The van der Waals surface area contributed by atoms with Crippen LogP contribution in [-0.4, -0.2) is 48.9 Å². The lowest BCUT2D eigenvalue weighted by Crippen LogP contribution is -2.51. The van der Waals surface area contributed by atoms with Crippen molar-refractivity contribution in [2.75, 3.05) is 26.9 Å². The van der Waals surface area contributed by atoms with Crippen LogP contribution in [0.1, 0.15) is 37.4 Å². The SMILES string of the molecule is COCC[C@H](NC(=O)N1CCc2ccccc2[C@H]1CO)C(C)C. The molecule has 0 spiro atoms. The Bertz CT molecular complexity index is 519. The molecule has 1 aromatic carbocycles. The molecule has 0 bridgehead atoms. The summed E-state index contributed by atoms with van der Waals surface area (Å²) in [6, 6.07) is 7.73. The predicted molar refractivity (Wildman–Crippen MR) is 90.3 cm³/mol. The highest BCUT2D eigenvalue weighted by molar-refractivity contribution is 5.75. The van der Waals surface area contributed by atoms with Crippen molar-refractivity contribution in [1.29, 1.82) is 0 Å². The summed E-state index contributed by atoms with van der Waals surface area (Å²) in [7, 11) is 1.67. The minimum absolute atomic E-state index is 0.0607. The van der Waals surface area contributed by atoms with Gasteiger partial charge in [-0.25, -0.2) is 4.79 Å². The Kier molecular flexibility index (Phi) is 6.42. The van der Waals surface area contributed by atoms with E-state index in [1.54, 1.807) is 12.0 Å². The smallest absolute Gasteiger partial charge is 0.318 e. The fraction of sp³-hybridized carbons (Fsp3) is 0.611. The van der Waals surface area contributed by atoms with Crippen molar-refractivity contribution in [3.05, 3.63) is 35.4 Å². The largest absolute Gasteiger partial charge is 0.394 e. The quantitative estimate of drug-likeness (QED) is 0.846. The van der Waals surface area contributed by atoms with E-state index in [9.17, 15) is 9.90 Å². The molecule has 0 unspecified atom stereocenters. The number of carbonyl (C=O) groups excluding carboxylic acids is 1. The second-order valence-corrected chi connectivity index (χ2v) is 6.42. The van der Waals surface area contributed by atoms with Crippen LogP contribution >= 0.6 is 0 Å². The lowest BCUT2D eigenvalue weighted by Gasteiger charge is -2.37. The first-order valence-corrected chi connectivity index (χ1v) is 8.33. The molecule has 0 saturated carbocycles. The molecule has 5 nitrogen and oxygen atoms in total. The van der Waals surface area contributed by atoms with Crippen molar-refractivity contribution in [2.24, 2.45) is 5.92 Å². The van der Waals surface area contributed by atoms with E-state index in [1.165, 1.54) is 5.56 Å². The van der Waals surface area contributed by atoms with Crippen LogP contribution in [0.25, 0.3) is 0 Å². The summed E-state index contributed by atoms with van der Waals surface area (Å²) in [6.45, 7) is 5.37. The molecule has 1 aromatic rings. The lowest BCUT2D eigenvalue weighted by atomic mass is 9.93. The first kappa shape index (κ1) is 17.8. The summed E-state index contributed by atoms with van der Waals surface area (Å²) in [6.07, 6.45) is 1.61. The van der Waals surface area contributed by atoms with E-state index >= 15 is 0 Å². The Labute approximate surface area is 138 Å². The normalized spacial score (nSPS) is 18.7. The first-order valence-electron chi connectivity index (χ1n) is 8.33. The molecule has 0 aliphatic carbocycles. The predicted octanol–water partition coefficient (Wildman–Crippen LogP) is 2.35. The average molecular weight is 320 g/mol. The number of carbonyl (C=O) groups is 1. The fourth-order valence-electron chi connectivity index (χ4n) is 3.15. The standard InChI is InChI=1S/C18H28N2O3/c1-13(2)16(9-11-23-3)19-18(22)20-10-8-14-6-4-5-7-15(14)17(20)12-21/h4-7,13,16-17,21H,8-12H2,1-3H3,(H,19,22)/t16-,17+/m0/s1. The van der Waals surface area contributed by atoms with E-state index in [2.05, 4.69) is 25.2 Å². The third-order valence-corrected chi connectivity index (χ3v) is 4.59. The van der Waals surface area contributed by atoms with Crippen LogP contribution in [0.5, 0.6) is 0 Å². The van der Waals surface area contributed by atoms with Gasteiger partial charge in [-0.05, 0) is 29.9 Å². The second-order valence-electron chi connectivity index (χ2n) is 6.42. The van der Waals surface area contributed by atoms with E-state index in [4.69, 9.17) is 4.74 Å². The van der Waals surface area contributed by atoms with Gasteiger partial charge in [-0.2, -0.15) is 0 Å². The number of urea groups is 1. The molecule has 2 N–H and O–H groups in total. The summed E-state index contributed by atoms with van der Waals surface area (Å²) in [4.78, 5) is 14.5. The van der Waals surface area contributed by atoms with Gasteiger partial charge in [-0.3, -0.25) is 0 Å². The van der Waals surface area contributed by atoms with Crippen molar-refractivity contribution < 1.29 is 14.6 Å². The zero-order valence-electron chi connectivity index (χ0n) is 14.3. The number of aliphatic hydroxyl groups is 1. The maximum atomic E-state index is 12.7. The number of amides is 2. The van der Waals surface area contributed by atoms with Crippen LogP contribution in [0.2, 0.25) is 0 Å². The minimum atomic E-state index is -0.268. The highest BCUT2D eigenvalue weighted by Gasteiger charge is 2.31. The van der Waals surface area contributed by atoms with Gasteiger partial charge in [0.2, 0.25) is 0 Å². The monoisotopic (exact) mass is 320 g/mol. The number of rotatable bonds is 6. The van der Waals surface area contributed by atoms with Crippen LogP contribution in [0.3, 0.4) is 0 Å². The first-order chi connectivity index (χ1) is 11.1. The van der Waals surface area contributed by atoms with E-state index in [-0.39, 0.29) is 24.7 Å². The van der Waals surface area contributed by atoms with Gasteiger partial charge in [0.25, 0.3) is 0 Å². The molecule has 1 aliphatic rings. The number of nitrogens with one attached hydrogen (secondary N) is 1. The van der Waals surface area contributed by atoms with Gasteiger partial charge in [0.15, 0.2) is 0 Å². The van der Waals surface area contributed by atoms with Crippen molar-refractivity contribution >= 4 is 6.03 Å². The van der Waals surface area contributed by atoms with E-state index in [0.717, 1.165) is 18.4 Å². The summed E-state index contributed by atoms with van der Waals surface area (Å²) in [5.41, 5.74) is 2.27. The molecular weight excluding hydrogens is 292 g/mol. The Morgan fingerprint density at radius 1 is 1.43 bits per heavy atom. The van der Waals surface area contributed by atoms with Gasteiger partial charge in [0, 0.05) is 26.3 Å². The lowest BCUT2D eigenvalue weighted by molar-refractivity contribution is 0.119. The Hall–Kier alpha value is -1.59. The summed E-state index contributed by atoms with van der Waals surface area (Å²) >= 11 is 0. The minimum Gasteiger partial charge on any atom is -0.394 e. The maximum Gasteiger partial charge on any atom is 0.318 e. The van der Waals surface area contributed by atoms with Crippen LogP contribution < -0.4 is 5.32 Å². The zero-order valence-corrected chi connectivity index (χ0v) is 14.3. The Morgan fingerprint density at radius 2 is 2.17 bits per heavy atom. The third-order valence-electron chi connectivity index (χ3n) is 4.59. The number of nitrogens with zero attached hydrogens (tertiary/aromatic N) is 1. The van der Waals surface area contributed by atoms with Gasteiger partial charge in [-0.15, -0.1) is 0 Å². The number of hydrogen-bond donors (Lipinski definition) is 2. The summed E-state index contributed by atoms with van der Waals surface area (Å²) in [5.74, 6) is 0.332. The van der Waals surface area contributed by atoms with E-state index in [1.807, 2.05) is 18.2 Å². The van der Waals surface area contributed by atoms with E-state index < -0.39 is 0 Å². The number of ether oxygens (including phenoxy) is 1. The van der Waals surface area contributed by atoms with Crippen LogP contribution in [0.4, 0.5) is 4.79 Å². The number of methoxy groups -OCH3 is 1. The summed E-state index contributed by atoms with van der Waals surface area (Å²) in [5, 5.41) is 12.9. The van der Waals surface area contributed by atoms with Crippen molar-refractivity contribution in [1.82, 2.24) is 10.2 Å². The molecule has 1 aliphatic heterocycles. The maximum absolute atomic E-state index is 12.7. The third kappa shape index (κ3) is 4.24. The number of aliphatic hydroxyl groups excluding tert-OH is 1. The number of benzene rings is 1. The van der Waals surface area contributed by atoms with Gasteiger partial charge in [0.05, 0.1) is 12.6 Å². The van der Waals surface area contributed by atoms with Gasteiger partial charge >= 0.3 is 6.03 Å². The average Bonchev–Trinajstić information content (AvgIpc) is 2.56. The Balaban J connectivity index is 2.09. The molecule has 0 saturated heterocycles. The molecule has 0 aromatic heterocycles. The molecule has 2 rings (SSSR count). The second kappa shape index (κ2) is 8.31. The van der Waals surface area contributed by atoms with Crippen LogP contribution in [0.15, 0.2) is 24.3 Å². The molecular formula is C18H28N2O3. The molecule has 2 atom stereocenters. The van der Waals surface area contributed by atoms with E-state index in [0.29, 0.717) is 19.1 Å². The number of fused-ring (bicyclic) bond motifs is 1. The molecule has 1 heterocycles. The molecule has 0 fully saturated rings. The van der Waals surface area contributed by atoms with Gasteiger partial charge in [0.1, 0.15) is 0 Å². The summed E-state index contributed by atoms with van der Waals surface area (Å²) < 4.78 is 5.13. The Morgan fingerprint density at radius 3 is 2.83 bits per heavy atom. The van der Waals surface area contributed by atoms with Crippen LogP contribution in [0, 0.1) is 5.92 Å². The molecule has 128 valence electrons. The van der Waals surface area contributed by atoms with Crippen LogP contribution in [-0.2, 0) is 11.2 Å². The zero-order chi connectivity index (χ0) is 16.8. The number of hydrogen-bond acceptors (Lipinski definition) is 3. The van der Waals surface area contributed by atoms with Gasteiger partial charge < -0.3 is 20.1 Å².